The van der Waals surface area contributed by atoms with Crippen LogP contribution in [0.2, 0.25) is 5.02 Å². The maximum absolute atomic E-state index is 12.2. The number of carbonyl (C=O) groups excluding carboxylic acids is 1. The van der Waals surface area contributed by atoms with E-state index in [1.54, 1.807) is 19.2 Å². The van der Waals surface area contributed by atoms with Gasteiger partial charge in [-0.25, -0.2) is 4.98 Å². The molecule has 7 heteroatoms. The number of hydrogen-bond acceptors (Lipinski definition) is 3. The number of benzene rings is 1. The minimum Gasteiger partial charge on any atom is -0.372 e. The van der Waals surface area contributed by atoms with Crippen molar-refractivity contribution in [1.82, 2.24) is 4.98 Å². The number of amides is 1. The van der Waals surface area contributed by atoms with Crippen molar-refractivity contribution in [3.63, 3.8) is 0 Å². The summed E-state index contributed by atoms with van der Waals surface area (Å²) in [7, 11) is 1.71. The van der Waals surface area contributed by atoms with Gasteiger partial charge in [-0.3, -0.25) is 4.79 Å². The number of hydrogen-bond donors (Lipinski definition) is 2. The first-order chi connectivity index (χ1) is 9.51. The number of nitrogens with zero attached hydrogens (tertiary/aromatic N) is 1. The SMILES string of the molecule is CNc1ncc(C(=O)Nc2cc(Br)ccc2Br)cc1Cl. The standard InChI is InChI=1S/C13H10Br2ClN3O/c1-17-12-10(16)4-7(6-18-12)13(20)19-11-5-8(14)2-3-9(11)15/h2-6H,1H3,(H,17,18)(H,19,20). The quantitative estimate of drug-likeness (QED) is 0.767. The monoisotopic (exact) mass is 417 g/mol. The van der Waals surface area contributed by atoms with E-state index in [1.165, 1.54) is 6.20 Å². The Kier molecular flexibility index (Phi) is 5.01. The summed E-state index contributed by atoms with van der Waals surface area (Å²) in [5.74, 6) is 0.257. The van der Waals surface area contributed by atoms with Crippen molar-refractivity contribution >= 4 is 60.9 Å². The molecule has 0 fully saturated rings. The number of halogens is 3. The second-order valence-electron chi connectivity index (χ2n) is 3.88. The third-order valence-electron chi connectivity index (χ3n) is 2.52. The third kappa shape index (κ3) is 3.50. The fourth-order valence-electron chi connectivity index (χ4n) is 1.53. The maximum Gasteiger partial charge on any atom is 0.257 e. The highest BCUT2D eigenvalue weighted by molar-refractivity contribution is 9.11. The predicted octanol–water partition coefficient (Wildman–Crippen LogP) is 4.55. The van der Waals surface area contributed by atoms with E-state index in [-0.39, 0.29) is 5.91 Å². The normalized spacial score (nSPS) is 10.2. The highest BCUT2D eigenvalue weighted by Crippen LogP contribution is 2.27. The van der Waals surface area contributed by atoms with E-state index in [0.29, 0.717) is 22.1 Å². The summed E-state index contributed by atoms with van der Waals surface area (Å²) in [5.41, 5.74) is 1.05. The van der Waals surface area contributed by atoms with Gasteiger partial charge in [0, 0.05) is 22.2 Å². The van der Waals surface area contributed by atoms with Crippen LogP contribution in [0.25, 0.3) is 0 Å². The van der Waals surface area contributed by atoms with Gasteiger partial charge in [-0.15, -0.1) is 0 Å². The zero-order valence-corrected chi connectivity index (χ0v) is 14.3. The minimum absolute atomic E-state index is 0.277. The number of carbonyl (C=O) groups is 1. The third-order valence-corrected chi connectivity index (χ3v) is 3.99. The lowest BCUT2D eigenvalue weighted by Gasteiger charge is -2.09. The van der Waals surface area contributed by atoms with Crippen molar-refractivity contribution in [3.8, 4) is 0 Å². The van der Waals surface area contributed by atoms with Gasteiger partial charge in [0.2, 0.25) is 0 Å². The van der Waals surface area contributed by atoms with Crippen LogP contribution in [0.5, 0.6) is 0 Å². The van der Waals surface area contributed by atoms with Gasteiger partial charge in [0.25, 0.3) is 5.91 Å². The van der Waals surface area contributed by atoms with Crippen LogP contribution in [-0.4, -0.2) is 17.9 Å². The molecule has 1 aromatic carbocycles. The summed E-state index contributed by atoms with van der Waals surface area (Å²) >= 11 is 12.8. The Morgan fingerprint density at radius 2 is 2.05 bits per heavy atom. The average Bonchev–Trinajstić information content (AvgIpc) is 2.42. The molecule has 4 nitrogen and oxygen atoms in total. The average molecular weight is 420 g/mol. The van der Waals surface area contributed by atoms with Crippen molar-refractivity contribution in [2.75, 3.05) is 17.7 Å². The number of nitrogens with one attached hydrogen (secondary N) is 2. The van der Waals surface area contributed by atoms with Crippen LogP contribution in [0, 0.1) is 0 Å². The van der Waals surface area contributed by atoms with E-state index in [9.17, 15) is 4.79 Å². The first-order valence-electron chi connectivity index (χ1n) is 5.61. The summed E-state index contributed by atoms with van der Waals surface area (Å²) in [4.78, 5) is 16.2. The lowest BCUT2D eigenvalue weighted by Crippen LogP contribution is -2.13. The zero-order chi connectivity index (χ0) is 14.7. The second kappa shape index (κ2) is 6.56. The van der Waals surface area contributed by atoms with Crippen molar-refractivity contribution in [2.45, 2.75) is 0 Å². The van der Waals surface area contributed by atoms with Crippen LogP contribution < -0.4 is 10.6 Å². The molecule has 0 spiro atoms. The molecule has 0 saturated carbocycles. The van der Waals surface area contributed by atoms with Crippen molar-refractivity contribution in [3.05, 3.63) is 50.0 Å². The van der Waals surface area contributed by atoms with Crippen molar-refractivity contribution in [2.24, 2.45) is 0 Å². The Morgan fingerprint density at radius 1 is 1.30 bits per heavy atom. The minimum atomic E-state index is -0.277. The number of anilines is 2. The van der Waals surface area contributed by atoms with Gasteiger partial charge in [-0.2, -0.15) is 0 Å². The molecular formula is C13H10Br2ClN3O. The summed E-state index contributed by atoms with van der Waals surface area (Å²) in [5, 5.41) is 6.03. The van der Waals surface area contributed by atoms with Crippen LogP contribution in [0.4, 0.5) is 11.5 Å². The molecule has 0 aliphatic heterocycles. The molecular weight excluding hydrogens is 409 g/mol. The molecule has 104 valence electrons. The molecule has 1 aromatic heterocycles. The maximum atomic E-state index is 12.2. The largest absolute Gasteiger partial charge is 0.372 e. The summed E-state index contributed by atoms with van der Waals surface area (Å²) < 4.78 is 1.66. The van der Waals surface area contributed by atoms with E-state index < -0.39 is 0 Å². The smallest absolute Gasteiger partial charge is 0.257 e. The summed E-state index contributed by atoms with van der Waals surface area (Å²) in [6.45, 7) is 0. The Morgan fingerprint density at radius 3 is 2.70 bits per heavy atom. The molecule has 2 aromatic rings. The molecule has 0 bridgehead atoms. The van der Waals surface area contributed by atoms with Crippen LogP contribution in [0.15, 0.2) is 39.4 Å². The molecule has 0 unspecified atom stereocenters. The number of aromatic nitrogens is 1. The first-order valence-corrected chi connectivity index (χ1v) is 7.57. The van der Waals surface area contributed by atoms with E-state index >= 15 is 0 Å². The van der Waals surface area contributed by atoms with Gasteiger partial charge in [-0.1, -0.05) is 27.5 Å². The number of rotatable bonds is 3. The Labute approximate surface area is 138 Å². The molecule has 1 amide bonds. The van der Waals surface area contributed by atoms with E-state index in [0.717, 1.165) is 8.95 Å². The molecule has 2 N–H and O–H groups in total. The van der Waals surface area contributed by atoms with E-state index in [4.69, 9.17) is 11.6 Å². The van der Waals surface area contributed by atoms with Crippen LogP contribution in [0.1, 0.15) is 10.4 Å². The van der Waals surface area contributed by atoms with E-state index in [2.05, 4.69) is 47.5 Å². The molecule has 20 heavy (non-hydrogen) atoms. The van der Waals surface area contributed by atoms with Gasteiger partial charge < -0.3 is 10.6 Å². The summed E-state index contributed by atoms with van der Waals surface area (Å²) in [6.07, 6.45) is 1.47. The predicted molar refractivity (Wildman–Crippen MR) is 88.6 cm³/mol. The van der Waals surface area contributed by atoms with Crippen molar-refractivity contribution in [1.29, 1.82) is 0 Å². The molecule has 1 heterocycles. The van der Waals surface area contributed by atoms with E-state index in [1.807, 2.05) is 12.1 Å². The molecule has 0 saturated heterocycles. The second-order valence-corrected chi connectivity index (χ2v) is 6.06. The molecule has 0 atom stereocenters. The van der Waals surface area contributed by atoms with Gasteiger partial charge in [0.15, 0.2) is 0 Å². The molecule has 0 aliphatic carbocycles. The van der Waals surface area contributed by atoms with Gasteiger partial charge in [0.05, 0.1) is 16.3 Å². The Bertz CT molecular complexity index is 664. The molecule has 0 radical (unpaired) electrons. The highest BCUT2D eigenvalue weighted by Gasteiger charge is 2.11. The fraction of sp³-hybridized carbons (Fsp3) is 0.0769. The number of pyridine rings is 1. The van der Waals surface area contributed by atoms with Gasteiger partial charge >= 0.3 is 0 Å². The Hall–Kier alpha value is -1.11. The van der Waals surface area contributed by atoms with Crippen LogP contribution >= 0.6 is 43.5 Å². The topological polar surface area (TPSA) is 54.0 Å². The fourth-order valence-corrected chi connectivity index (χ4v) is 2.50. The van der Waals surface area contributed by atoms with Gasteiger partial charge in [0.1, 0.15) is 5.82 Å². The Balaban J connectivity index is 2.24. The van der Waals surface area contributed by atoms with Crippen molar-refractivity contribution < 1.29 is 4.79 Å². The highest BCUT2D eigenvalue weighted by atomic mass is 79.9. The molecule has 0 aliphatic rings. The summed E-state index contributed by atoms with van der Waals surface area (Å²) in [6, 6.07) is 7.09. The lowest BCUT2D eigenvalue weighted by atomic mass is 10.2. The first kappa shape index (κ1) is 15.3. The van der Waals surface area contributed by atoms with Crippen LogP contribution in [0.3, 0.4) is 0 Å². The van der Waals surface area contributed by atoms with Crippen LogP contribution in [-0.2, 0) is 0 Å². The lowest BCUT2D eigenvalue weighted by molar-refractivity contribution is 0.102. The van der Waals surface area contributed by atoms with Gasteiger partial charge in [-0.05, 0) is 40.2 Å². The zero-order valence-electron chi connectivity index (χ0n) is 10.4. The molecule has 2 rings (SSSR count).